The van der Waals surface area contributed by atoms with Gasteiger partial charge in [-0.05, 0) is 12.8 Å². The first-order chi connectivity index (χ1) is 7.84. The summed E-state index contributed by atoms with van der Waals surface area (Å²) in [5.74, 6) is 0.833. The zero-order chi connectivity index (χ0) is 11.6. The number of rotatable bonds is 7. The first kappa shape index (κ1) is 13.2. The summed E-state index contributed by atoms with van der Waals surface area (Å²) in [5, 5.41) is 0.131. The van der Waals surface area contributed by atoms with Crippen LogP contribution in [0.3, 0.4) is 0 Å². The van der Waals surface area contributed by atoms with Crippen LogP contribution in [0.1, 0.15) is 36.0 Å². The normalized spacial score (nSPS) is 10.3. The summed E-state index contributed by atoms with van der Waals surface area (Å²) in [6, 6.07) is 9.30. The maximum Gasteiger partial charge on any atom is 0.219 e. The van der Waals surface area contributed by atoms with Crippen molar-refractivity contribution in [3.63, 3.8) is 0 Å². The molecule has 0 amide bonds. The number of thioether (sulfide) groups is 1. The van der Waals surface area contributed by atoms with Gasteiger partial charge in [0, 0.05) is 11.3 Å². The van der Waals surface area contributed by atoms with E-state index in [0.717, 1.165) is 30.6 Å². The summed E-state index contributed by atoms with van der Waals surface area (Å²) in [4.78, 5) is 11.6. The molecule has 0 bridgehead atoms. The molecule has 16 heavy (non-hydrogen) atoms. The van der Waals surface area contributed by atoms with Crippen molar-refractivity contribution in [2.45, 2.75) is 25.7 Å². The molecule has 88 valence electrons. The molecule has 0 saturated heterocycles. The predicted molar refractivity (Wildman–Crippen MR) is 67.7 cm³/mol. The molecule has 0 saturated carbocycles. The summed E-state index contributed by atoms with van der Waals surface area (Å²) in [6.07, 6.45) is 3.58. The number of carbonyl (C=O) groups is 1. The van der Waals surface area contributed by atoms with Crippen LogP contribution in [0.4, 0.5) is 4.39 Å². The van der Waals surface area contributed by atoms with Crippen molar-refractivity contribution in [2.24, 2.45) is 0 Å². The van der Waals surface area contributed by atoms with Gasteiger partial charge < -0.3 is 0 Å². The highest BCUT2D eigenvalue weighted by atomic mass is 32.2. The van der Waals surface area contributed by atoms with Gasteiger partial charge in [0.2, 0.25) is 5.12 Å². The van der Waals surface area contributed by atoms with E-state index >= 15 is 0 Å². The molecule has 0 spiro atoms. The smallest absolute Gasteiger partial charge is 0.219 e. The Hall–Kier alpha value is -0.830. The molecule has 0 N–H and O–H groups in total. The predicted octanol–water partition coefficient (Wildman–Crippen LogP) is 4.09. The molecular weight excluding hydrogens is 223 g/mol. The lowest BCUT2D eigenvalue weighted by Gasteiger charge is -2.00. The standard InChI is InChI=1S/C13H17FOS/c14-10-6-1-2-7-11-16-13(15)12-8-4-3-5-9-12/h3-5,8-9H,1-2,6-7,10-11H2. The minimum atomic E-state index is -0.226. The van der Waals surface area contributed by atoms with Crippen molar-refractivity contribution in [3.8, 4) is 0 Å². The number of hydrogen-bond donors (Lipinski definition) is 0. The molecule has 3 heteroatoms. The summed E-state index contributed by atoms with van der Waals surface area (Å²) in [7, 11) is 0. The van der Waals surface area contributed by atoms with E-state index in [2.05, 4.69) is 0 Å². The highest BCUT2D eigenvalue weighted by molar-refractivity contribution is 8.14. The number of carbonyl (C=O) groups excluding carboxylic acids is 1. The van der Waals surface area contributed by atoms with Crippen molar-refractivity contribution in [3.05, 3.63) is 35.9 Å². The molecule has 0 atom stereocenters. The van der Waals surface area contributed by atoms with E-state index in [1.165, 1.54) is 11.8 Å². The quantitative estimate of drug-likeness (QED) is 0.668. The van der Waals surface area contributed by atoms with Gasteiger partial charge in [-0.15, -0.1) is 0 Å². The Balaban J connectivity index is 2.12. The van der Waals surface area contributed by atoms with Crippen LogP contribution < -0.4 is 0 Å². The lowest BCUT2D eigenvalue weighted by Crippen LogP contribution is -1.94. The Labute approximate surface area is 100 Å². The molecule has 0 aromatic heterocycles. The van der Waals surface area contributed by atoms with Gasteiger partial charge in [-0.1, -0.05) is 54.9 Å². The zero-order valence-electron chi connectivity index (χ0n) is 9.32. The van der Waals surface area contributed by atoms with Crippen LogP contribution in [0.2, 0.25) is 0 Å². The molecule has 0 fully saturated rings. The number of benzene rings is 1. The third-order valence-electron chi connectivity index (χ3n) is 2.27. The number of hydrogen-bond acceptors (Lipinski definition) is 2. The second-order valence-electron chi connectivity index (χ2n) is 3.61. The van der Waals surface area contributed by atoms with Crippen molar-refractivity contribution in [1.82, 2.24) is 0 Å². The van der Waals surface area contributed by atoms with Crippen molar-refractivity contribution in [1.29, 1.82) is 0 Å². The average molecular weight is 240 g/mol. The van der Waals surface area contributed by atoms with Gasteiger partial charge in [0.15, 0.2) is 0 Å². The molecule has 0 heterocycles. The minimum absolute atomic E-state index is 0.131. The summed E-state index contributed by atoms with van der Waals surface area (Å²) in [6.45, 7) is -0.226. The second-order valence-corrected chi connectivity index (χ2v) is 4.67. The van der Waals surface area contributed by atoms with Crippen LogP contribution in [-0.2, 0) is 0 Å². The van der Waals surface area contributed by atoms with E-state index in [4.69, 9.17) is 0 Å². The average Bonchev–Trinajstić information content (AvgIpc) is 2.34. The van der Waals surface area contributed by atoms with Gasteiger partial charge in [0.25, 0.3) is 0 Å². The van der Waals surface area contributed by atoms with E-state index in [1.54, 1.807) is 0 Å². The molecule has 0 aliphatic rings. The van der Waals surface area contributed by atoms with Crippen LogP contribution >= 0.6 is 11.8 Å². The first-order valence-corrected chi connectivity index (χ1v) is 6.61. The van der Waals surface area contributed by atoms with Crippen molar-refractivity contribution >= 4 is 16.9 Å². The van der Waals surface area contributed by atoms with Gasteiger partial charge in [0.05, 0.1) is 6.67 Å². The SMILES string of the molecule is O=C(SCCCCCCF)c1ccccc1. The molecule has 0 radical (unpaired) electrons. The highest BCUT2D eigenvalue weighted by Crippen LogP contribution is 2.14. The fourth-order valence-corrected chi connectivity index (χ4v) is 2.21. The lowest BCUT2D eigenvalue weighted by molar-refractivity contribution is 0.108. The topological polar surface area (TPSA) is 17.1 Å². The minimum Gasteiger partial charge on any atom is -0.282 e. The van der Waals surface area contributed by atoms with E-state index in [0.29, 0.717) is 6.42 Å². The van der Waals surface area contributed by atoms with E-state index in [1.807, 2.05) is 30.3 Å². The summed E-state index contributed by atoms with van der Waals surface area (Å²) < 4.78 is 11.8. The Bertz CT molecular complexity index is 300. The Kier molecular flexibility index (Phi) is 6.90. The number of halogens is 1. The third-order valence-corrected chi connectivity index (χ3v) is 3.26. The first-order valence-electron chi connectivity index (χ1n) is 5.62. The monoisotopic (exact) mass is 240 g/mol. The van der Waals surface area contributed by atoms with E-state index < -0.39 is 0 Å². The Morgan fingerprint density at radius 3 is 2.44 bits per heavy atom. The van der Waals surface area contributed by atoms with Crippen LogP contribution in [-0.4, -0.2) is 17.5 Å². The molecular formula is C13H17FOS. The van der Waals surface area contributed by atoms with Gasteiger partial charge in [-0.3, -0.25) is 9.18 Å². The zero-order valence-corrected chi connectivity index (χ0v) is 10.1. The van der Waals surface area contributed by atoms with E-state index in [9.17, 15) is 9.18 Å². The molecule has 0 aliphatic carbocycles. The Morgan fingerprint density at radius 1 is 1.06 bits per heavy atom. The summed E-state index contributed by atoms with van der Waals surface area (Å²) >= 11 is 1.35. The van der Waals surface area contributed by atoms with Crippen LogP contribution in [0.15, 0.2) is 30.3 Å². The molecule has 1 aromatic rings. The molecule has 1 rings (SSSR count). The molecule has 0 unspecified atom stereocenters. The van der Waals surface area contributed by atoms with Crippen LogP contribution in [0, 0.1) is 0 Å². The maximum atomic E-state index is 11.8. The fourth-order valence-electron chi connectivity index (χ4n) is 1.37. The van der Waals surface area contributed by atoms with Crippen molar-refractivity contribution < 1.29 is 9.18 Å². The van der Waals surface area contributed by atoms with Gasteiger partial charge >= 0.3 is 0 Å². The number of unbranched alkanes of at least 4 members (excludes halogenated alkanes) is 3. The van der Waals surface area contributed by atoms with Gasteiger partial charge in [0.1, 0.15) is 0 Å². The number of alkyl halides is 1. The van der Waals surface area contributed by atoms with Crippen molar-refractivity contribution in [2.75, 3.05) is 12.4 Å². The molecule has 1 aromatic carbocycles. The van der Waals surface area contributed by atoms with Gasteiger partial charge in [-0.25, -0.2) is 0 Å². The molecule has 1 nitrogen and oxygen atoms in total. The van der Waals surface area contributed by atoms with Crippen LogP contribution in [0.25, 0.3) is 0 Å². The second kappa shape index (κ2) is 8.34. The Morgan fingerprint density at radius 2 is 1.75 bits per heavy atom. The highest BCUT2D eigenvalue weighted by Gasteiger charge is 2.04. The lowest BCUT2D eigenvalue weighted by atomic mass is 10.2. The van der Waals surface area contributed by atoms with E-state index in [-0.39, 0.29) is 11.8 Å². The fraction of sp³-hybridized carbons (Fsp3) is 0.462. The maximum absolute atomic E-state index is 11.8. The molecule has 0 aliphatic heterocycles. The van der Waals surface area contributed by atoms with Crippen LogP contribution in [0.5, 0.6) is 0 Å². The third kappa shape index (κ3) is 5.31. The largest absolute Gasteiger partial charge is 0.282 e. The summed E-state index contributed by atoms with van der Waals surface area (Å²) in [5.41, 5.74) is 0.760. The van der Waals surface area contributed by atoms with Gasteiger partial charge in [-0.2, -0.15) is 0 Å².